The Hall–Kier alpha value is -1.77. The molecule has 0 aliphatic rings. The van der Waals surface area contributed by atoms with Gasteiger partial charge in [-0.1, -0.05) is 231 Å². The first-order valence-electron chi connectivity index (χ1n) is 30.3. The molecule has 0 spiro atoms. The number of phosphoric acid groups is 1. The number of nitrogens with zero attached hydrogens (tertiary/aromatic N) is 1. The molecule has 0 aromatic carbocycles. The van der Waals surface area contributed by atoms with Crippen LogP contribution in [0.2, 0.25) is 0 Å². The summed E-state index contributed by atoms with van der Waals surface area (Å²) in [5, 5.41) is 3.05. The van der Waals surface area contributed by atoms with Gasteiger partial charge < -0.3 is 19.4 Å². The molecule has 71 heavy (non-hydrogen) atoms. The van der Waals surface area contributed by atoms with Crippen LogP contribution in [0.5, 0.6) is 0 Å². The van der Waals surface area contributed by atoms with E-state index in [0.717, 1.165) is 64.2 Å². The molecule has 3 unspecified atom stereocenters. The van der Waals surface area contributed by atoms with Gasteiger partial charge in [-0.2, -0.15) is 0 Å². The molecule has 0 rings (SSSR count). The van der Waals surface area contributed by atoms with E-state index >= 15 is 0 Å². The fraction of sp³-hybridized carbons (Fsp3) is 0.869. The normalized spacial score (nSPS) is 14.0. The van der Waals surface area contributed by atoms with Crippen LogP contribution in [0.3, 0.4) is 0 Å². The predicted molar refractivity (Wildman–Crippen MR) is 305 cm³/mol. The standard InChI is InChI=1S/C61H117N2O7P/c1-7-10-13-16-19-22-25-27-29-31-33-35-38-41-44-47-50-53-60(64)62-58(57-69-71(66,67)68-56-55-63(4,5)6)59(52-49-46-43-40-37-24-21-18-15-12-9-3)70-61(65)54-51-48-45-42-39-36-34-32-30-28-26-23-20-17-14-11-8-2/h27-30,49,52,58-59H,7-26,31-48,50-51,53-57H2,1-6H3,(H-,62,64,66,67)/p+1/b29-27+,30-28+,52-49+. The lowest BCUT2D eigenvalue weighted by molar-refractivity contribution is -0.870. The smallest absolute Gasteiger partial charge is 0.456 e. The van der Waals surface area contributed by atoms with E-state index in [-0.39, 0.29) is 31.5 Å². The number of hydrogen-bond donors (Lipinski definition) is 2. The number of unbranched alkanes of at least 4 members (excludes halogenated alkanes) is 35. The molecular weight excluding hydrogens is 904 g/mol. The van der Waals surface area contributed by atoms with E-state index in [0.29, 0.717) is 17.4 Å². The number of hydrogen-bond acceptors (Lipinski definition) is 6. The third kappa shape index (κ3) is 52.9. The average molecular weight is 1020 g/mol. The highest BCUT2D eigenvalue weighted by Crippen LogP contribution is 2.43. The number of ether oxygens (including phenoxy) is 1. The second-order valence-electron chi connectivity index (χ2n) is 21.9. The van der Waals surface area contributed by atoms with Gasteiger partial charge in [0.25, 0.3) is 0 Å². The molecule has 0 saturated heterocycles. The Morgan fingerprint density at radius 1 is 0.479 bits per heavy atom. The third-order valence-electron chi connectivity index (χ3n) is 13.6. The van der Waals surface area contributed by atoms with E-state index in [9.17, 15) is 19.0 Å². The molecule has 0 aliphatic heterocycles. The number of carbonyl (C=O) groups is 2. The van der Waals surface area contributed by atoms with E-state index in [1.807, 2.05) is 33.3 Å². The molecule has 418 valence electrons. The van der Waals surface area contributed by atoms with Crippen molar-refractivity contribution in [1.82, 2.24) is 5.32 Å². The van der Waals surface area contributed by atoms with Crippen molar-refractivity contribution in [3.63, 3.8) is 0 Å². The predicted octanol–water partition coefficient (Wildman–Crippen LogP) is 18.3. The first kappa shape index (κ1) is 69.2. The van der Waals surface area contributed by atoms with Gasteiger partial charge in [0, 0.05) is 12.8 Å². The summed E-state index contributed by atoms with van der Waals surface area (Å²) >= 11 is 0. The van der Waals surface area contributed by atoms with Crippen molar-refractivity contribution < 1.29 is 37.3 Å². The van der Waals surface area contributed by atoms with Crippen LogP contribution < -0.4 is 5.32 Å². The van der Waals surface area contributed by atoms with Gasteiger partial charge >= 0.3 is 13.8 Å². The van der Waals surface area contributed by atoms with Crippen LogP contribution in [0.15, 0.2) is 36.5 Å². The van der Waals surface area contributed by atoms with E-state index in [1.165, 1.54) is 193 Å². The fourth-order valence-electron chi connectivity index (χ4n) is 8.81. The van der Waals surface area contributed by atoms with Crippen molar-refractivity contribution in [1.29, 1.82) is 0 Å². The Morgan fingerprint density at radius 3 is 1.20 bits per heavy atom. The van der Waals surface area contributed by atoms with Gasteiger partial charge in [0.15, 0.2) is 0 Å². The summed E-state index contributed by atoms with van der Waals surface area (Å²) in [6, 6.07) is -0.849. The highest BCUT2D eigenvalue weighted by Gasteiger charge is 2.30. The monoisotopic (exact) mass is 1020 g/mol. The maximum absolute atomic E-state index is 13.5. The summed E-state index contributed by atoms with van der Waals surface area (Å²) in [4.78, 5) is 37.6. The lowest BCUT2D eigenvalue weighted by Crippen LogP contribution is -2.47. The SMILES string of the molecule is CCCCCCCC/C=C/CCCCCCCCCC(=O)NC(COP(=O)(O)OCC[N+](C)(C)C)C(/C=C/CCCCCCCCCCC)OC(=O)CCCCCCCCC/C=C/CCCCCCCC. The summed E-state index contributed by atoms with van der Waals surface area (Å²) in [6.07, 6.45) is 61.3. The fourth-order valence-corrected chi connectivity index (χ4v) is 9.55. The molecule has 10 heteroatoms. The summed E-state index contributed by atoms with van der Waals surface area (Å²) < 4.78 is 30.6. The second kappa shape index (κ2) is 51.7. The lowest BCUT2D eigenvalue weighted by atomic mass is 10.0. The number of allylic oxidation sites excluding steroid dienone is 5. The van der Waals surface area contributed by atoms with Crippen LogP contribution in [0.1, 0.15) is 290 Å². The highest BCUT2D eigenvalue weighted by atomic mass is 31.2. The first-order chi connectivity index (χ1) is 34.4. The van der Waals surface area contributed by atoms with E-state index in [2.05, 4.69) is 50.4 Å². The first-order valence-corrected chi connectivity index (χ1v) is 31.8. The zero-order valence-electron chi connectivity index (χ0n) is 47.7. The van der Waals surface area contributed by atoms with Crippen molar-refractivity contribution in [3.8, 4) is 0 Å². The summed E-state index contributed by atoms with van der Waals surface area (Å²) in [7, 11) is 1.50. The Balaban J connectivity index is 5.26. The maximum Gasteiger partial charge on any atom is 0.472 e. The van der Waals surface area contributed by atoms with Gasteiger partial charge in [-0.05, 0) is 83.1 Å². The lowest BCUT2D eigenvalue weighted by Gasteiger charge is -2.27. The van der Waals surface area contributed by atoms with Crippen molar-refractivity contribution >= 4 is 19.7 Å². The maximum atomic E-state index is 13.5. The Labute approximate surface area is 440 Å². The number of quaternary nitrogens is 1. The molecule has 0 radical (unpaired) electrons. The zero-order chi connectivity index (χ0) is 52.2. The largest absolute Gasteiger partial charge is 0.472 e. The van der Waals surface area contributed by atoms with Crippen LogP contribution in [-0.4, -0.2) is 74.3 Å². The molecule has 1 amide bonds. The topological polar surface area (TPSA) is 111 Å². The van der Waals surface area contributed by atoms with Crippen LogP contribution in [-0.2, 0) is 27.9 Å². The second-order valence-corrected chi connectivity index (χ2v) is 23.3. The number of likely N-dealkylation sites (N-methyl/N-ethyl adjacent to an activating group) is 1. The van der Waals surface area contributed by atoms with Gasteiger partial charge in [0.05, 0.1) is 33.8 Å². The molecule has 3 atom stereocenters. The van der Waals surface area contributed by atoms with Gasteiger partial charge in [0.1, 0.15) is 19.3 Å². The number of phosphoric ester groups is 1. The molecule has 0 saturated carbocycles. The van der Waals surface area contributed by atoms with Crippen molar-refractivity contribution in [2.24, 2.45) is 0 Å². The number of nitrogens with one attached hydrogen (secondary N) is 1. The van der Waals surface area contributed by atoms with Crippen molar-refractivity contribution in [2.75, 3.05) is 40.9 Å². The number of esters is 1. The quantitative estimate of drug-likeness (QED) is 0.0205. The average Bonchev–Trinajstić information content (AvgIpc) is 3.33. The number of rotatable bonds is 55. The Bertz CT molecular complexity index is 1310. The van der Waals surface area contributed by atoms with Gasteiger partial charge in [-0.15, -0.1) is 0 Å². The zero-order valence-corrected chi connectivity index (χ0v) is 48.6. The molecule has 9 nitrogen and oxygen atoms in total. The molecule has 2 N–H and O–H groups in total. The summed E-state index contributed by atoms with van der Waals surface area (Å²) in [5.41, 5.74) is 0. The highest BCUT2D eigenvalue weighted by molar-refractivity contribution is 7.47. The van der Waals surface area contributed by atoms with Gasteiger partial charge in [-0.25, -0.2) is 4.57 Å². The number of carbonyl (C=O) groups excluding carboxylic acids is 2. The molecule has 0 aromatic heterocycles. The molecular formula is C61H118N2O7P+. The van der Waals surface area contributed by atoms with Gasteiger partial charge in [-0.3, -0.25) is 18.6 Å². The minimum atomic E-state index is -4.44. The molecule has 0 heterocycles. The van der Waals surface area contributed by atoms with E-state index < -0.39 is 20.0 Å². The molecule has 0 fully saturated rings. The Morgan fingerprint density at radius 2 is 0.817 bits per heavy atom. The van der Waals surface area contributed by atoms with Crippen LogP contribution in [0, 0.1) is 0 Å². The van der Waals surface area contributed by atoms with Crippen LogP contribution in [0.4, 0.5) is 0 Å². The van der Waals surface area contributed by atoms with Crippen molar-refractivity contribution in [3.05, 3.63) is 36.5 Å². The van der Waals surface area contributed by atoms with E-state index in [4.69, 9.17) is 13.8 Å². The molecule has 0 bridgehead atoms. The van der Waals surface area contributed by atoms with E-state index in [1.54, 1.807) is 0 Å². The molecule has 0 aliphatic carbocycles. The summed E-state index contributed by atoms with van der Waals surface area (Å²) in [6.45, 7) is 7.01. The van der Waals surface area contributed by atoms with Crippen LogP contribution in [0.25, 0.3) is 0 Å². The third-order valence-corrected chi connectivity index (χ3v) is 14.5. The number of amides is 1. The van der Waals surface area contributed by atoms with Gasteiger partial charge in [0.2, 0.25) is 5.91 Å². The minimum Gasteiger partial charge on any atom is -0.456 e. The Kier molecular flexibility index (Phi) is 50.4. The van der Waals surface area contributed by atoms with Crippen molar-refractivity contribution in [2.45, 2.75) is 303 Å². The minimum absolute atomic E-state index is 0.0401. The van der Waals surface area contributed by atoms with Crippen LogP contribution >= 0.6 is 7.82 Å². The summed E-state index contributed by atoms with van der Waals surface area (Å²) in [5.74, 6) is -0.507. The molecule has 0 aromatic rings.